The van der Waals surface area contributed by atoms with Gasteiger partial charge >= 0.3 is 0 Å². The molecule has 1 unspecified atom stereocenters. The first-order valence-corrected chi connectivity index (χ1v) is 6.87. The second-order valence-corrected chi connectivity index (χ2v) is 6.23. The van der Waals surface area contributed by atoms with Crippen molar-refractivity contribution < 1.29 is 5.11 Å². The summed E-state index contributed by atoms with van der Waals surface area (Å²) in [6, 6.07) is 2.37. The fourth-order valence-corrected chi connectivity index (χ4v) is 2.10. The van der Waals surface area contributed by atoms with E-state index in [1.54, 1.807) is 11.8 Å². The zero-order valence-corrected chi connectivity index (χ0v) is 11.4. The highest BCUT2D eigenvalue weighted by molar-refractivity contribution is 7.99. The van der Waals surface area contributed by atoms with Crippen LogP contribution < -0.4 is 0 Å². The summed E-state index contributed by atoms with van der Waals surface area (Å²) < 4.78 is 1.93. The molecule has 0 radical (unpaired) electrons. The van der Waals surface area contributed by atoms with Gasteiger partial charge in [0, 0.05) is 24.4 Å². The Bertz CT molecular complexity index is 310. The monoisotopic (exact) mass is 242 g/mol. The number of aliphatic hydroxyl groups excluding tert-OH is 1. The Balaban J connectivity index is 2.40. The van der Waals surface area contributed by atoms with E-state index < -0.39 is 0 Å². The van der Waals surface area contributed by atoms with Crippen LogP contribution in [0.3, 0.4) is 0 Å². The molecule has 0 aliphatic rings. The molecule has 16 heavy (non-hydrogen) atoms. The van der Waals surface area contributed by atoms with E-state index in [9.17, 15) is 5.11 Å². The fourth-order valence-electron chi connectivity index (χ4n) is 1.38. The third-order valence-electron chi connectivity index (χ3n) is 2.26. The van der Waals surface area contributed by atoms with Crippen LogP contribution >= 0.6 is 11.8 Å². The van der Waals surface area contributed by atoms with Crippen molar-refractivity contribution >= 4 is 11.8 Å². The van der Waals surface area contributed by atoms with E-state index in [1.807, 2.05) is 16.9 Å². The van der Waals surface area contributed by atoms with E-state index in [1.165, 1.54) is 0 Å². The van der Waals surface area contributed by atoms with Gasteiger partial charge in [0.25, 0.3) is 0 Å². The van der Waals surface area contributed by atoms with Crippen LogP contribution in [0, 0.1) is 0 Å². The summed E-state index contributed by atoms with van der Waals surface area (Å²) in [5, 5.41) is 14.8. The van der Waals surface area contributed by atoms with Gasteiger partial charge in [-0.3, -0.25) is 4.68 Å². The second kappa shape index (κ2) is 6.30. The highest BCUT2D eigenvalue weighted by Gasteiger charge is 2.10. The van der Waals surface area contributed by atoms with Crippen molar-refractivity contribution in [3.05, 3.63) is 18.0 Å². The smallest absolute Gasteiger partial charge is 0.0686 e. The fraction of sp³-hybridized carbons (Fsp3) is 0.750. The topological polar surface area (TPSA) is 38.0 Å². The van der Waals surface area contributed by atoms with Crippen LogP contribution in [0.5, 0.6) is 0 Å². The van der Waals surface area contributed by atoms with Crippen molar-refractivity contribution in [3.8, 4) is 0 Å². The Labute approximate surface area is 102 Å². The molecule has 0 amide bonds. The first-order chi connectivity index (χ1) is 7.49. The molecule has 0 saturated heterocycles. The maximum Gasteiger partial charge on any atom is 0.0686 e. The predicted octanol–water partition coefficient (Wildman–Crippen LogP) is 2.51. The molecule has 0 aromatic carbocycles. The number of thioether (sulfide) groups is 1. The van der Waals surface area contributed by atoms with E-state index >= 15 is 0 Å². The molecule has 3 nitrogen and oxygen atoms in total. The Morgan fingerprint density at radius 2 is 2.06 bits per heavy atom. The molecule has 1 rings (SSSR count). The molecule has 1 aromatic heterocycles. The molecule has 1 heterocycles. The lowest BCUT2D eigenvalue weighted by Crippen LogP contribution is -2.15. The van der Waals surface area contributed by atoms with Crippen LogP contribution in [0.15, 0.2) is 12.3 Å². The van der Waals surface area contributed by atoms with Gasteiger partial charge in [0.05, 0.1) is 11.8 Å². The van der Waals surface area contributed by atoms with Crippen molar-refractivity contribution in [1.29, 1.82) is 0 Å². The quantitative estimate of drug-likeness (QED) is 0.833. The molecule has 92 valence electrons. The summed E-state index contributed by atoms with van der Waals surface area (Å²) in [6.07, 6.45) is 2.34. The summed E-state index contributed by atoms with van der Waals surface area (Å²) in [7, 11) is 0. The largest absolute Gasteiger partial charge is 0.392 e. The van der Waals surface area contributed by atoms with Crippen LogP contribution in [0.25, 0.3) is 0 Å². The lowest BCUT2D eigenvalue weighted by atomic mass is 10.2. The number of hydrogen-bond donors (Lipinski definition) is 1. The number of hydrogen-bond acceptors (Lipinski definition) is 3. The van der Waals surface area contributed by atoms with Gasteiger partial charge < -0.3 is 5.11 Å². The normalized spacial score (nSPS) is 13.7. The predicted molar refractivity (Wildman–Crippen MR) is 69.9 cm³/mol. The molecule has 1 atom stereocenters. The molecule has 1 N–H and O–H groups in total. The highest BCUT2D eigenvalue weighted by atomic mass is 32.2. The van der Waals surface area contributed by atoms with Crippen LogP contribution in [0.4, 0.5) is 0 Å². The third kappa shape index (κ3) is 4.58. The summed E-state index contributed by atoms with van der Waals surface area (Å²) >= 11 is 1.79. The molecule has 0 aliphatic carbocycles. The minimum atomic E-state index is -0.289. The van der Waals surface area contributed by atoms with Gasteiger partial charge in [-0.1, -0.05) is 13.8 Å². The van der Waals surface area contributed by atoms with Crippen molar-refractivity contribution in [2.24, 2.45) is 0 Å². The van der Waals surface area contributed by atoms with Gasteiger partial charge in [0.1, 0.15) is 0 Å². The van der Waals surface area contributed by atoms with Gasteiger partial charge in [0.15, 0.2) is 0 Å². The summed E-state index contributed by atoms with van der Waals surface area (Å²) in [5.74, 6) is 0.784. The molecule has 0 saturated carbocycles. The molecule has 0 aliphatic heterocycles. The van der Waals surface area contributed by atoms with Gasteiger partial charge in [-0.05, 0) is 25.2 Å². The summed E-state index contributed by atoms with van der Waals surface area (Å²) in [4.78, 5) is 0. The van der Waals surface area contributed by atoms with E-state index in [4.69, 9.17) is 0 Å². The first kappa shape index (κ1) is 13.6. The zero-order chi connectivity index (χ0) is 12.1. The maximum absolute atomic E-state index is 9.83. The Hall–Kier alpha value is -0.480. The van der Waals surface area contributed by atoms with Crippen LogP contribution in [0.1, 0.15) is 39.4 Å². The lowest BCUT2D eigenvalue weighted by Gasteiger charge is -2.10. The van der Waals surface area contributed by atoms with Crippen LogP contribution in [-0.4, -0.2) is 32.0 Å². The van der Waals surface area contributed by atoms with Crippen molar-refractivity contribution in [1.82, 2.24) is 9.78 Å². The first-order valence-electron chi connectivity index (χ1n) is 5.82. The van der Waals surface area contributed by atoms with Gasteiger partial charge in [0.2, 0.25) is 0 Å². The van der Waals surface area contributed by atoms with E-state index in [-0.39, 0.29) is 6.10 Å². The molecule has 0 bridgehead atoms. The summed E-state index contributed by atoms with van der Waals surface area (Å²) in [5.41, 5.74) is 0.977. The minimum absolute atomic E-state index is 0.289. The van der Waals surface area contributed by atoms with Gasteiger partial charge in [-0.15, -0.1) is 0 Å². The van der Waals surface area contributed by atoms with Crippen LogP contribution in [0.2, 0.25) is 0 Å². The molecule has 0 spiro atoms. The molecule has 4 heteroatoms. The molecule has 0 fully saturated rings. The average Bonchev–Trinajstić information content (AvgIpc) is 2.63. The second-order valence-electron chi connectivity index (χ2n) is 4.62. The lowest BCUT2D eigenvalue weighted by molar-refractivity contribution is 0.198. The number of aliphatic hydroxyl groups is 1. The van der Waals surface area contributed by atoms with Gasteiger partial charge in [-0.2, -0.15) is 16.9 Å². The van der Waals surface area contributed by atoms with Crippen molar-refractivity contribution in [2.45, 2.75) is 51.5 Å². The summed E-state index contributed by atoms with van der Waals surface area (Å²) in [6.45, 7) is 8.49. The molecular formula is C12H22N2OS. The minimum Gasteiger partial charge on any atom is -0.392 e. The Morgan fingerprint density at radius 1 is 1.38 bits per heavy atom. The number of rotatable bonds is 6. The molecular weight excluding hydrogens is 220 g/mol. The third-order valence-corrected chi connectivity index (χ3v) is 3.50. The van der Waals surface area contributed by atoms with Crippen molar-refractivity contribution in [2.75, 3.05) is 5.75 Å². The van der Waals surface area contributed by atoms with Gasteiger partial charge in [-0.25, -0.2) is 0 Å². The number of nitrogens with zero attached hydrogens (tertiary/aromatic N) is 2. The molecule has 1 aromatic rings. The van der Waals surface area contributed by atoms with Crippen molar-refractivity contribution in [3.63, 3.8) is 0 Å². The van der Waals surface area contributed by atoms with Crippen LogP contribution in [-0.2, 0) is 6.42 Å². The highest BCUT2D eigenvalue weighted by Crippen LogP contribution is 2.13. The maximum atomic E-state index is 9.83. The average molecular weight is 242 g/mol. The zero-order valence-electron chi connectivity index (χ0n) is 10.6. The Morgan fingerprint density at radius 3 is 2.56 bits per heavy atom. The van der Waals surface area contributed by atoms with E-state index in [0.29, 0.717) is 17.7 Å². The van der Waals surface area contributed by atoms with E-state index in [0.717, 1.165) is 11.4 Å². The van der Waals surface area contributed by atoms with E-state index in [2.05, 4.69) is 32.8 Å². The Kier molecular flexibility index (Phi) is 5.35. The standard InChI is InChI=1S/C12H22N2OS/c1-9(2)14-6-5-11(13-14)7-12(15)8-16-10(3)4/h5-6,9-10,12,15H,7-8H2,1-4H3. The SMILES string of the molecule is CC(C)SCC(O)Cc1ccn(C(C)C)n1. The number of aromatic nitrogens is 2.